The second-order valence-corrected chi connectivity index (χ2v) is 15.2. The van der Waals surface area contributed by atoms with Gasteiger partial charge >= 0.3 is 0 Å². The molecule has 0 atom stereocenters. The fourth-order valence-corrected chi connectivity index (χ4v) is 7.20. The molecule has 275 valence electrons. The molecule has 47 heavy (non-hydrogen) atoms. The minimum absolute atomic E-state index is 0.890. The van der Waals surface area contributed by atoms with Crippen molar-refractivity contribution in [3.8, 4) is 0 Å². The van der Waals surface area contributed by atoms with Gasteiger partial charge in [-0.2, -0.15) is 0 Å². The third kappa shape index (κ3) is 30.8. The average molecular weight is 654 g/mol. The van der Waals surface area contributed by atoms with E-state index in [-0.39, 0.29) is 0 Å². The molecule has 1 heterocycles. The summed E-state index contributed by atoms with van der Waals surface area (Å²) in [7, 11) is 0. The van der Waals surface area contributed by atoms with Crippen molar-refractivity contribution in [1.29, 1.82) is 0 Å². The molecule has 0 aliphatic rings. The van der Waals surface area contributed by atoms with Gasteiger partial charge in [0.25, 0.3) is 0 Å². The number of nitrogens with zero attached hydrogens (tertiary/aromatic N) is 2. The maximum atomic E-state index is 4.91. The van der Waals surface area contributed by atoms with Crippen LogP contribution in [0, 0.1) is 6.92 Å². The predicted molar refractivity (Wildman–Crippen MR) is 211 cm³/mol. The lowest BCUT2D eigenvalue weighted by Crippen LogP contribution is -2.04. The lowest BCUT2D eigenvalue weighted by atomic mass is 10.0. The topological polar surface area (TPSA) is 25.8 Å². The second kappa shape index (κ2) is 36.4. The van der Waals surface area contributed by atoms with Crippen LogP contribution >= 0.6 is 0 Å². The van der Waals surface area contributed by atoms with E-state index in [1.807, 2.05) is 0 Å². The quantitative estimate of drug-likeness (QED) is 0.0664. The Bertz CT molecular complexity index is 687. The van der Waals surface area contributed by atoms with Crippen molar-refractivity contribution in [2.45, 2.75) is 258 Å². The lowest BCUT2D eigenvalue weighted by molar-refractivity contribution is 0.526. The molecule has 0 saturated carbocycles. The number of hydrogen-bond donors (Lipinski definition) is 0. The third-order valence-corrected chi connectivity index (χ3v) is 10.4. The number of unbranched alkanes of at least 4 members (excludes halogenated alkanes) is 32. The molecular formula is C45H85N2. The van der Waals surface area contributed by atoms with Crippen LogP contribution in [0.1, 0.15) is 256 Å². The first-order valence-corrected chi connectivity index (χ1v) is 21.9. The number of hydrogen-bond acceptors (Lipinski definition) is 2. The Kier molecular flexibility index (Phi) is 34.1. The highest BCUT2D eigenvalue weighted by molar-refractivity contribution is 5.12. The standard InChI is InChI=1S/C45H85N2/c1-4-7-9-11-13-15-17-19-21-23-25-27-29-31-33-35-37-40-43-42-44(47-45(46-43)39-6-3)41-38-36-34-32-30-28-26-24-22-20-18-16-14-12-10-8-5-2/h42H,3-41H2,1-2H3. The highest BCUT2D eigenvalue weighted by Gasteiger charge is 2.06. The van der Waals surface area contributed by atoms with Gasteiger partial charge in [0.1, 0.15) is 5.82 Å². The van der Waals surface area contributed by atoms with Crippen molar-refractivity contribution >= 4 is 0 Å². The van der Waals surface area contributed by atoms with Crippen molar-refractivity contribution in [2.24, 2.45) is 0 Å². The minimum Gasteiger partial charge on any atom is -0.238 e. The van der Waals surface area contributed by atoms with Crippen LogP contribution in [0.3, 0.4) is 0 Å². The van der Waals surface area contributed by atoms with Crippen molar-refractivity contribution in [1.82, 2.24) is 9.97 Å². The Morgan fingerprint density at radius 3 is 0.809 bits per heavy atom. The van der Waals surface area contributed by atoms with Gasteiger partial charge in [0, 0.05) is 17.8 Å². The molecule has 0 unspecified atom stereocenters. The first-order valence-electron chi connectivity index (χ1n) is 21.9. The zero-order valence-corrected chi connectivity index (χ0v) is 32.5. The van der Waals surface area contributed by atoms with Crippen LogP contribution < -0.4 is 0 Å². The molecule has 0 aliphatic heterocycles. The molecule has 0 N–H and O–H groups in total. The molecule has 1 aromatic heterocycles. The van der Waals surface area contributed by atoms with Crippen molar-refractivity contribution < 1.29 is 0 Å². The molecule has 1 radical (unpaired) electrons. The maximum Gasteiger partial charge on any atom is 0.128 e. The summed E-state index contributed by atoms with van der Waals surface area (Å²) < 4.78 is 0. The van der Waals surface area contributed by atoms with Gasteiger partial charge in [-0.3, -0.25) is 0 Å². The van der Waals surface area contributed by atoms with Crippen molar-refractivity contribution in [3.63, 3.8) is 0 Å². The van der Waals surface area contributed by atoms with Crippen LogP contribution in [0.25, 0.3) is 0 Å². The molecule has 0 fully saturated rings. The van der Waals surface area contributed by atoms with Crippen LogP contribution in [0.2, 0.25) is 0 Å². The Hall–Kier alpha value is -0.920. The van der Waals surface area contributed by atoms with E-state index < -0.39 is 0 Å². The third-order valence-electron chi connectivity index (χ3n) is 10.4. The van der Waals surface area contributed by atoms with E-state index in [0.29, 0.717) is 0 Å². The highest BCUT2D eigenvalue weighted by Crippen LogP contribution is 2.17. The molecule has 0 spiro atoms. The predicted octanol–water partition coefficient (Wildman–Crippen LogP) is 15.6. The van der Waals surface area contributed by atoms with Crippen molar-refractivity contribution in [2.75, 3.05) is 0 Å². The van der Waals surface area contributed by atoms with Gasteiger partial charge in [-0.1, -0.05) is 226 Å². The zero-order chi connectivity index (χ0) is 33.7. The Morgan fingerprint density at radius 1 is 0.340 bits per heavy atom. The van der Waals surface area contributed by atoms with E-state index in [9.17, 15) is 0 Å². The molecular weight excluding hydrogens is 569 g/mol. The number of rotatable bonds is 38. The van der Waals surface area contributed by atoms with E-state index >= 15 is 0 Å². The largest absolute Gasteiger partial charge is 0.238 e. The number of aryl methyl sites for hydroxylation is 3. The lowest BCUT2D eigenvalue weighted by Gasteiger charge is -2.09. The van der Waals surface area contributed by atoms with Crippen LogP contribution in [0.15, 0.2) is 6.07 Å². The summed E-state index contributed by atoms with van der Waals surface area (Å²) in [6, 6.07) is 2.32. The summed E-state index contributed by atoms with van der Waals surface area (Å²) in [6.45, 7) is 8.67. The normalized spacial score (nSPS) is 11.6. The van der Waals surface area contributed by atoms with Gasteiger partial charge in [-0.25, -0.2) is 9.97 Å². The Morgan fingerprint density at radius 2 is 0.574 bits per heavy atom. The fourth-order valence-electron chi connectivity index (χ4n) is 7.20. The minimum atomic E-state index is 0.890. The van der Waals surface area contributed by atoms with Crippen LogP contribution in [-0.2, 0) is 19.3 Å². The summed E-state index contributed by atoms with van der Waals surface area (Å²) in [5, 5.41) is 0. The summed E-state index contributed by atoms with van der Waals surface area (Å²) >= 11 is 0. The monoisotopic (exact) mass is 654 g/mol. The van der Waals surface area contributed by atoms with Gasteiger partial charge in [-0.15, -0.1) is 0 Å². The molecule has 0 aromatic carbocycles. The summed E-state index contributed by atoms with van der Waals surface area (Å²) in [4.78, 5) is 9.82. The van der Waals surface area contributed by atoms with Gasteiger partial charge in [0.15, 0.2) is 0 Å². The fraction of sp³-hybridized carbons (Fsp3) is 0.889. The van der Waals surface area contributed by atoms with Gasteiger partial charge in [0.05, 0.1) is 0 Å². The molecule has 0 saturated heterocycles. The second-order valence-electron chi connectivity index (χ2n) is 15.2. The molecule has 2 nitrogen and oxygen atoms in total. The van der Waals surface area contributed by atoms with Crippen LogP contribution in [0.4, 0.5) is 0 Å². The molecule has 1 aromatic rings. The Labute approximate surface area is 297 Å². The van der Waals surface area contributed by atoms with E-state index in [1.54, 1.807) is 0 Å². The Balaban J connectivity index is 2.00. The van der Waals surface area contributed by atoms with Gasteiger partial charge in [-0.05, 0) is 38.2 Å². The van der Waals surface area contributed by atoms with Gasteiger partial charge < -0.3 is 0 Å². The highest BCUT2D eigenvalue weighted by atomic mass is 14.9. The van der Waals surface area contributed by atoms with E-state index in [2.05, 4.69) is 26.8 Å². The van der Waals surface area contributed by atoms with Gasteiger partial charge in [0.2, 0.25) is 0 Å². The first kappa shape index (κ1) is 44.1. The zero-order valence-electron chi connectivity index (χ0n) is 32.5. The van der Waals surface area contributed by atoms with Crippen LogP contribution in [0.5, 0.6) is 0 Å². The smallest absolute Gasteiger partial charge is 0.128 e. The van der Waals surface area contributed by atoms with E-state index in [0.717, 1.165) is 31.5 Å². The summed E-state index contributed by atoms with van der Waals surface area (Å²) in [5.74, 6) is 1.03. The van der Waals surface area contributed by atoms with E-state index in [1.165, 1.54) is 230 Å². The maximum absolute atomic E-state index is 4.91. The number of aromatic nitrogens is 2. The molecule has 2 heteroatoms. The SMILES string of the molecule is [CH2]CCc1nc(CCCCCCCCCCCCCCCCCCC)cc(CCCCCCCCCCCCCCCCCCC)n1. The van der Waals surface area contributed by atoms with Crippen molar-refractivity contribution in [3.05, 3.63) is 30.2 Å². The first-order chi connectivity index (χ1) is 23.3. The average Bonchev–Trinajstić information content (AvgIpc) is 3.07. The molecule has 0 bridgehead atoms. The molecule has 1 rings (SSSR count). The summed E-state index contributed by atoms with van der Waals surface area (Å²) in [6.07, 6.45) is 52.6. The summed E-state index contributed by atoms with van der Waals surface area (Å²) in [5.41, 5.74) is 2.57. The molecule has 0 amide bonds. The van der Waals surface area contributed by atoms with E-state index in [4.69, 9.17) is 9.97 Å². The molecule has 0 aliphatic carbocycles. The van der Waals surface area contributed by atoms with Crippen LogP contribution in [-0.4, -0.2) is 9.97 Å².